The van der Waals surface area contributed by atoms with Gasteiger partial charge >= 0.3 is 0 Å². The minimum atomic E-state index is -1.55. The Morgan fingerprint density at radius 1 is 1.24 bits per heavy atom. The fourth-order valence-electron chi connectivity index (χ4n) is 4.16. The molecule has 4 rings (SSSR count). The van der Waals surface area contributed by atoms with Crippen molar-refractivity contribution < 1.29 is 22.8 Å². The van der Waals surface area contributed by atoms with Gasteiger partial charge in [0.05, 0.1) is 37.3 Å². The number of nitrogens with one attached hydrogen (secondary N) is 1. The highest BCUT2D eigenvalue weighted by Gasteiger charge is 2.37. The summed E-state index contributed by atoms with van der Waals surface area (Å²) in [6.45, 7) is 4.50. The van der Waals surface area contributed by atoms with Gasteiger partial charge in [-0.05, 0) is 38.0 Å². The summed E-state index contributed by atoms with van der Waals surface area (Å²) in [4.78, 5) is 26.7. The molecule has 3 heterocycles. The number of nitrogens with zero attached hydrogens (tertiary/aromatic N) is 3. The molecule has 3 atom stereocenters. The van der Waals surface area contributed by atoms with Crippen molar-refractivity contribution in [1.82, 2.24) is 20.0 Å². The Labute approximate surface area is 165 Å². The maximum absolute atomic E-state index is 13.5. The van der Waals surface area contributed by atoms with Crippen molar-refractivity contribution in [2.24, 2.45) is 0 Å². The SMILES string of the molecule is CC1CC(c2cnn3c2CN(C(=O)Cc2cc(F)c(F)c(F)c2)[C@@H](C)C3)C(=O)N1. The molecule has 2 aromatic rings. The summed E-state index contributed by atoms with van der Waals surface area (Å²) >= 11 is 0. The predicted octanol–water partition coefficient (Wildman–Crippen LogP) is 2.27. The number of rotatable bonds is 3. The number of hydrogen-bond donors (Lipinski definition) is 1. The van der Waals surface area contributed by atoms with Crippen LogP contribution >= 0.6 is 0 Å². The summed E-state index contributed by atoms with van der Waals surface area (Å²) < 4.78 is 41.9. The number of aromatic nitrogens is 2. The Balaban J connectivity index is 1.56. The van der Waals surface area contributed by atoms with Crippen LogP contribution in [0.15, 0.2) is 18.3 Å². The molecule has 6 nitrogen and oxygen atoms in total. The van der Waals surface area contributed by atoms with Gasteiger partial charge in [-0.2, -0.15) is 5.10 Å². The molecular formula is C20H21F3N4O2. The molecule has 0 radical (unpaired) electrons. The zero-order chi connectivity index (χ0) is 20.9. The number of hydrogen-bond acceptors (Lipinski definition) is 3. The Morgan fingerprint density at radius 3 is 2.55 bits per heavy atom. The Morgan fingerprint density at radius 2 is 1.93 bits per heavy atom. The summed E-state index contributed by atoms with van der Waals surface area (Å²) in [5, 5.41) is 7.27. The van der Waals surface area contributed by atoms with E-state index in [-0.39, 0.29) is 48.3 Å². The van der Waals surface area contributed by atoms with Crippen molar-refractivity contribution in [3.63, 3.8) is 0 Å². The maximum Gasteiger partial charge on any atom is 0.227 e. The fourth-order valence-corrected chi connectivity index (χ4v) is 4.16. The molecule has 0 spiro atoms. The van der Waals surface area contributed by atoms with E-state index in [1.165, 1.54) is 0 Å². The standard InChI is InChI=1S/C20H21F3N4O2/c1-10-3-13(20(29)25-10)14-7-24-27-8-11(2)26(9-17(14)27)18(28)6-12-4-15(21)19(23)16(22)5-12/h4-5,7,10-11,13H,3,6,8-9H2,1-2H3,(H,25,29)/t10?,11-,13?/m0/s1. The Hall–Kier alpha value is -2.84. The Kier molecular flexibility index (Phi) is 4.84. The normalized spacial score (nSPS) is 23.8. The van der Waals surface area contributed by atoms with Gasteiger partial charge in [-0.25, -0.2) is 13.2 Å². The highest BCUT2D eigenvalue weighted by atomic mass is 19.2. The number of amides is 2. The van der Waals surface area contributed by atoms with Crippen molar-refractivity contribution in [2.45, 2.75) is 57.8 Å². The van der Waals surface area contributed by atoms with Crippen molar-refractivity contribution in [3.05, 3.63) is 52.6 Å². The molecule has 29 heavy (non-hydrogen) atoms. The third-order valence-electron chi connectivity index (χ3n) is 5.66. The van der Waals surface area contributed by atoms with Crippen LogP contribution in [0, 0.1) is 17.5 Å². The lowest BCUT2D eigenvalue weighted by Gasteiger charge is -2.35. The first-order valence-electron chi connectivity index (χ1n) is 9.52. The molecule has 1 fully saturated rings. The largest absolute Gasteiger partial charge is 0.353 e. The van der Waals surface area contributed by atoms with Crippen LogP contribution in [-0.2, 0) is 29.1 Å². The second-order valence-electron chi connectivity index (χ2n) is 7.85. The van der Waals surface area contributed by atoms with Gasteiger partial charge < -0.3 is 10.2 Å². The van der Waals surface area contributed by atoms with Gasteiger partial charge in [-0.1, -0.05) is 0 Å². The highest BCUT2D eigenvalue weighted by molar-refractivity contribution is 5.86. The molecule has 154 valence electrons. The number of carbonyl (C=O) groups excluding carboxylic acids is 2. The average Bonchev–Trinajstić information content (AvgIpc) is 3.20. The number of fused-ring (bicyclic) bond motifs is 1. The van der Waals surface area contributed by atoms with E-state index in [1.54, 1.807) is 15.8 Å². The molecule has 2 aliphatic heterocycles. The third-order valence-corrected chi connectivity index (χ3v) is 5.66. The summed E-state index contributed by atoms with van der Waals surface area (Å²) in [5.41, 5.74) is 1.67. The second kappa shape index (κ2) is 7.20. The molecule has 1 aromatic carbocycles. The van der Waals surface area contributed by atoms with E-state index in [0.29, 0.717) is 13.0 Å². The van der Waals surface area contributed by atoms with E-state index in [2.05, 4.69) is 10.4 Å². The van der Waals surface area contributed by atoms with Gasteiger partial charge in [0.15, 0.2) is 17.5 Å². The maximum atomic E-state index is 13.5. The topological polar surface area (TPSA) is 67.2 Å². The van der Waals surface area contributed by atoms with Crippen LogP contribution in [0.3, 0.4) is 0 Å². The van der Waals surface area contributed by atoms with Crippen LogP contribution in [0.4, 0.5) is 13.2 Å². The molecule has 2 unspecified atom stereocenters. The van der Waals surface area contributed by atoms with Crippen molar-refractivity contribution in [3.8, 4) is 0 Å². The summed E-state index contributed by atoms with van der Waals surface area (Å²) in [6, 6.07) is 1.57. The molecule has 1 aromatic heterocycles. The lowest BCUT2D eigenvalue weighted by Crippen LogP contribution is -2.46. The van der Waals surface area contributed by atoms with E-state index in [0.717, 1.165) is 23.4 Å². The predicted molar refractivity (Wildman–Crippen MR) is 97.2 cm³/mol. The van der Waals surface area contributed by atoms with Crippen molar-refractivity contribution >= 4 is 11.8 Å². The molecule has 0 aliphatic carbocycles. The first-order valence-corrected chi connectivity index (χ1v) is 9.52. The third kappa shape index (κ3) is 3.49. The van der Waals surface area contributed by atoms with Crippen LogP contribution in [0.5, 0.6) is 0 Å². The summed E-state index contributed by atoms with van der Waals surface area (Å²) in [7, 11) is 0. The molecule has 2 amide bonds. The molecule has 9 heteroatoms. The fraction of sp³-hybridized carbons (Fsp3) is 0.450. The Bertz CT molecular complexity index is 967. The zero-order valence-corrected chi connectivity index (χ0v) is 16.1. The molecule has 0 saturated carbocycles. The van der Waals surface area contributed by atoms with Gasteiger partial charge in [-0.3, -0.25) is 14.3 Å². The lowest BCUT2D eigenvalue weighted by atomic mass is 9.95. The minimum absolute atomic E-state index is 0.0536. The second-order valence-corrected chi connectivity index (χ2v) is 7.85. The number of carbonyl (C=O) groups is 2. The number of benzene rings is 1. The minimum Gasteiger partial charge on any atom is -0.353 e. The van der Waals surface area contributed by atoms with Gasteiger partial charge in [0.1, 0.15) is 0 Å². The van der Waals surface area contributed by atoms with E-state index < -0.39 is 17.5 Å². The quantitative estimate of drug-likeness (QED) is 0.796. The molecule has 1 saturated heterocycles. The zero-order valence-electron chi connectivity index (χ0n) is 16.1. The van der Waals surface area contributed by atoms with Crippen molar-refractivity contribution in [1.29, 1.82) is 0 Å². The molecular weight excluding hydrogens is 385 g/mol. The molecule has 2 aliphatic rings. The van der Waals surface area contributed by atoms with Crippen LogP contribution < -0.4 is 5.32 Å². The van der Waals surface area contributed by atoms with Gasteiger partial charge in [0.25, 0.3) is 0 Å². The molecule has 1 N–H and O–H groups in total. The summed E-state index contributed by atoms with van der Waals surface area (Å²) in [5.74, 6) is -4.88. The first-order chi connectivity index (χ1) is 13.7. The monoisotopic (exact) mass is 406 g/mol. The van der Waals surface area contributed by atoms with E-state index >= 15 is 0 Å². The lowest BCUT2D eigenvalue weighted by molar-refractivity contribution is -0.134. The van der Waals surface area contributed by atoms with Gasteiger partial charge in [-0.15, -0.1) is 0 Å². The average molecular weight is 406 g/mol. The first kappa shape index (κ1) is 19.5. The summed E-state index contributed by atoms with van der Waals surface area (Å²) in [6.07, 6.45) is 2.10. The van der Waals surface area contributed by atoms with E-state index in [1.807, 2.05) is 13.8 Å². The molecule has 0 bridgehead atoms. The van der Waals surface area contributed by atoms with E-state index in [9.17, 15) is 22.8 Å². The van der Waals surface area contributed by atoms with E-state index in [4.69, 9.17) is 0 Å². The van der Waals surface area contributed by atoms with Crippen LogP contribution in [0.1, 0.15) is 43.0 Å². The van der Waals surface area contributed by atoms with Crippen LogP contribution in [-0.4, -0.2) is 38.6 Å². The van der Waals surface area contributed by atoms with Gasteiger partial charge in [0, 0.05) is 17.6 Å². The van der Waals surface area contributed by atoms with Crippen LogP contribution in [0.25, 0.3) is 0 Å². The number of halogens is 3. The highest BCUT2D eigenvalue weighted by Crippen LogP contribution is 2.32. The van der Waals surface area contributed by atoms with Crippen LogP contribution in [0.2, 0.25) is 0 Å². The van der Waals surface area contributed by atoms with Gasteiger partial charge in [0.2, 0.25) is 11.8 Å². The van der Waals surface area contributed by atoms with Crippen molar-refractivity contribution in [2.75, 3.05) is 0 Å². The smallest absolute Gasteiger partial charge is 0.227 e.